The van der Waals surface area contributed by atoms with Gasteiger partial charge in [0.15, 0.2) is 0 Å². The summed E-state index contributed by atoms with van der Waals surface area (Å²) < 4.78 is 2.39. The molecular formula is C60H42N2. The fraction of sp³-hybridized carbons (Fsp3) is 0. The van der Waals surface area contributed by atoms with E-state index in [2.05, 4.69) is 264 Å². The van der Waals surface area contributed by atoms with E-state index >= 15 is 0 Å². The van der Waals surface area contributed by atoms with Crippen molar-refractivity contribution in [1.29, 1.82) is 0 Å². The molecule has 0 atom stereocenters. The second kappa shape index (κ2) is 16.1. The van der Waals surface area contributed by atoms with E-state index in [1.165, 1.54) is 71.9 Å². The Kier molecular flexibility index (Phi) is 9.57. The molecule has 0 aliphatic carbocycles. The number of para-hydroxylation sites is 3. The van der Waals surface area contributed by atoms with Gasteiger partial charge >= 0.3 is 0 Å². The largest absolute Gasteiger partial charge is 0.310 e. The van der Waals surface area contributed by atoms with Crippen LogP contribution in [0.2, 0.25) is 0 Å². The molecule has 1 aromatic heterocycles. The van der Waals surface area contributed by atoms with Crippen molar-refractivity contribution in [2.75, 3.05) is 4.90 Å². The topological polar surface area (TPSA) is 8.17 Å². The number of nitrogens with zero attached hydrogens (tertiary/aromatic N) is 2. The molecule has 0 saturated heterocycles. The predicted octanol–water partition coefficient (Wildman–Crippen LogP) is 16.6. The Balaban J connectivity index is 1.08. The van der Waals surface area contributed by atoms with Crippen LogP contribution in [0, 0.1) is 0 Å². The van der Waals surface area contributed by atoms with Gasteiger partial charge in [-0.05, 0) is 105 Å². The van der Waals surface area contributed by atoms with Gasteiger partial charge in [-0.15, -0.1) is 0 Å². The molecule has 11 aromatic rings. The van der Waals surface area contributed by atoms with Gasteiger partial charge in [-0.3, -0.25) is 0 Å². The fourth-order valence-corrected chi connectivity index (χ4v) is 9.22. The summed E-state index contributed by atoms with van der Waals surface area (Å²) in [7, 11) is 0. The monoisotopic (exact) mass is 790 g/mol. The van der Waals surface area contributed by atoms with Gasteiger partial charge < -0.3 is 9.47 Å². The van der Waals surface area contributed by atoms with Crippen LogP contribution in [-0.4, -0.2) is 4.57 Å². The molecule has 10 aromatic carbocycles. The Morgan fingerprint density at radius 3 is 1.48 bits per heavy atom. The van der Waals surface area contributed by atoms with Crippen molar-refractivity contribution < 1.29 is 0 Å². The maximum atomic E-state index is 2.42. The van der Waals surface area contributed by atoms with Gasteiger partial charge in [-0.2, -0.15) is 0 Å². The van der Waals surface area contributed by atoms with Crippen LogP contribution in [0.5, 0.6) is 0 Å². The lowest BCUT2D eigenvalue weighted by molar-refractivity contribution is 1.18. The summed E-state index contributed by atoms with van der Waals surface area (Å²) >= 11 is 0. The number of aromatic nitrogens is 1. The summed E-state index contributed by atoms with van der Waals surface area (Å²) in [5.41, 5.74) is 18.7. The molecule has 11 rings (SSSR count). The van der Waals surface area contributed by atoms with Crippen LogP contribution < -0.4 is 4.90 Å². The summed E-state index contributed by atoms with van der Waals surface area (Å²) in [4.78, 5) is 2.42. The van der Waals surface area contributed by atoms with E-state index in [0.717, 1.165) is 28.3 Å². The van der Waals surface area contributed by atoms with Gasteiger partial charge in [-0.25, -0.2) is 0 Å². The van der Waals surface area contributed by atoms with Crippen molar-refractivity contribution in [1.82, 2.24) is 4.57 Å². The highest BCUT2D eigenvalue weighted by atomic mass is 15.1. The van der Waals surface area contributed by atoms with Gasteiger partial charge in [0, 0.05) is 33.4 Å². The van der Waals surface area contributed by atoms with E-state index in [1.54, 1.807) is 0 Å². The molecule has 292 valence electrons. The molecule has 0 aliphatic rings. The molecular weight excluding hydrogens is 749 g/mol. The fourth-order valence-electron chi connectivity index (χ4n) is 9.22. The lowest BCUT2D eigenvalue weighted by Gasteiger charge is -2.29. The molecule has 0 bridgehead atoms. The molecule has 2 nitrogen and oxygen atoms in total. The van der Waals surface area contributed by atoms with Gasteiger partial charge in [0.1, 0.15) is 0 Å². The maximum Gasteiger partial charge on any atom is 0.0547 e. The number of hydrogen-bond acceptors (Lipinski definition) is 1. The highest BCUT2D eigenvalue weighted by molar-refractivity contribution is 6.15. The first-order chi connectivity index (χ1) is 30.8. The van der Waals surface area contributed by atoms with Crippen LogP contribution in [0.1, 0.15) is 0 Å². The smallest absolute Gasteiger partial charge is 0.0547 e. The first kappa shape index (κ1) is 36.8. The summed E-state index contributed by atoms with van der Waals surface area (Å²) in [6.45, 7) is 0. The van der Waals surface area contributed by atoms with Crippen molar-refractivity contribution in [2.45, 2.75) is 0 Å². The molecule has 1 heterocycles. The average Bonchev–Trinajstić information content (AvgIpc) is 3.70. The summed E-state index contributed by atoms with van der Waals surface area (Å²) in [6.07, 6.45) is 0. The van der Waals surface area contributed by atoms with Gasteiger partial charge in [0.05, 0.1) is 16.7 Å². The minimum absolute atomic E-state index is 1.08. The first-order valence-corrected chi connectivity index (χ1v) is 21.3. The molecule has 2 heteroatoms. The second-order valence-corrected chi connectivity index (χ2v) is 15.7. The molecule has 0 saturated carbocycles. The van der Waals surface area contributed by atoms with Crippen molar-refractivity contribution in [3.8, 4) is 61.3 Å². The van der Waals surface area contributed by atoms with Gasteiger partial charge in [0.2, 0.25) is 0 Å². The highest BCUT2D eigenvalue weighted by Gasteiger charge is 2.22. The van der Waals surface area contributed by atoms with E-state index in [1.807, 2.05) is 0 Å². The van der Waals surface area contributed by atoms with Gasteiger partial charge in [0.25, 0.3) is 0 Å². The van der Waals surface area contributed by atoms with Crippen molar-refractivity contribution in [2.24, 2.45) is 0 Å². The Hall–Kier alpha value is -8.20. The van der Waals surface area contributed by atoms with E-state index < -0.39 is 0 Å². The number of anilines is 3. The van der Waals surface area contributed by atoms with E-state index in [4.69, 9.17) is 0 Å². The van der Waals surface area contributed by atoms with Crippen molar-refractivity contribution >= 4 is 38.9 Å². The molecule has 0 unspecified atom stereocenters. The normalized spacial score (nSPS) is 11.2. The number of hydrogen-bond donors (Lipinski definition) is 0. The molecule has 0 aliphatic heterocycles. The zero-order valence-electron chi connectivity index (χ0n) is 34.1. The Morgan fingerprint density at radius 1 is 0.274 bits per heavy atom. The standard InChI is InChI=1S/C60H42N2/c1-4-20-43(21-5-1)46-24-18-27-49(42-46)61(57-35-16-14-32-55(57)54-31-13-12-30-53(54)52-29-11-10-28-50(52)44-22-6-2-7-23-44)48-40-38-45(39-41-48)51-34-19-37-59-60(51)56-33-15-17-36-58(56)62(59)47-25-8-3-9-26-47/h1-42H. The first-order valence-electron chi connectivity index (χ1n) is 21.3. The summed E-state index contributed by atoms with van der Waals surface area (Å²) in [5, 5.41) is 2.50. The Bertz CT molecular complexity index is 3330. The van der Waals surface area contributed by atoms with Crippen LogP contribution in [0.15, 0.2) is 255 Å². The van der Waals surface area contributed by atoms with Crippen molar-refractivity contribution in [3.63, 3.8) is 0 Å². The van der Waals surface area contributed by atoms with Crippen molar-refractivity contribution in [3.05, 3.63) is 255 Å². The van der Waals surface area contributed by atoms with Crippen LogP contribution >= 0.6 is 0 Å². The number of benzene rings is 10. The molecule has 0 radical (unpaired) electrons. The average molecular weight is 791 g/mol. The third-order valence-electron chi connectivity index (χ3n) is 12.0. The third-order valence-corrected chi connectivity index (χ3v) is 12.0. The zero-order chi connectivity index (χ0) is 41.2. The predicted molar refractivity (Wildman–Crippen MR) is 263 cm³/mol. The van der Waals surface area contributed by atoms with E-state index in [9.17, 15) is 0 Å². The van der Waals surface area contributed by atoms with Crippen LogP contribution in [0.3, 0.4) is 0 Å². The Labute approximate surface area is 362 Å². The third kappa shape index (κ3) is 6.65. The minimum atomic E-state index is 1.08. The van der Waals surface area contributed by atoms with Gasteiger partial charge in [-0.1, -0.05) is 200 Å². The van der Waals surface area contributed by atoms with E-state index in [0.29, 0.717) is 0 Å². The molecule has 62 heavy (non-hydrogen) atoms. The zero-order valence-corrected chi connectivity index (χ0v) is 34.1. The number of rotatable bonds is 9. The summed E-state index contributed by atoms with van der Waals surface area (Å²) in [5.74, 6) is 0. The quantitative estimate of drug-likeness (QED) is 0.141. The highest BCUT2D eigenvalue weighted by Crippen LogP contribution is 2.46. The maximum absolute atomic E-state index is 2.42. The summed E-state index contributed by atoms with van der Waals surface area (Å²) in [6, 6.07) is 92.0. The molecule has 0 fully saturated rings. The van der Waals surface area contributed by atoms with Crippen LogP contribution in [0.4, 0.5) is 17.1 Å². The lowest BCUT2D eigenvalue weighted by Crippen LogP contribution is -2.11. The molecule has 0 N–H and O–H groups in total. The Morgan fingerprint density at radius 2 is 0.758 bits per heavy atom. The molecule has 0 amide bonds. The SMILES string of the molecule is c1ccc(-c2cccc(N(c3ccc(-c4cccc5c4c4ccccc4n5-c4ccccc4)cc3)c3ccccc3-c3ccccc3-c3ccccc3-c3ccccc3)c2)cc1. The lowest BCUT2D eigenvalue weighted by atomic mass is 9.88. The van der Waals surface area contributed by atoms with E-state index in [-0.39, 0.29) is 0 Å². The second-order valence-electron chi connectivity index (χ2n) is 15.7. The minimum Gasteiger partial charge on any atom is -0.310 e. The van der Waals surface area contributed by atoms with Crippen LogP contribution in [-0.2, 0) is 0 Å². The van der Waals surface area contributed by atoms with Crippen LogP contribution in [0.25, 0.3) is 83.1 Å². The molecule has 0 spiro atoms. The number of fused-ring (bicyclic) bond motifs is 3.